The number of morpholine rings is 1. The zero-order chi connectivity index (χ0) is 21.3. The molecule has 0 aliphatic carbocycles. The zero-order valence-corrected chi connectivity index (χ0v) is 20.4. The highest BCUT2D eigenvalue weighted by molar-refractivity contribution is 14.0. The average Bonchev–Trinajstić information content (AvgIpc) is 3.44. The SMILES string of the molecule is Fc1ccc2c(CCNC(=NCCN3CCOCC3)NCCc3ccco3)c[nH]c2c1.I. The number of aromatic nitrogens is 1. The van der Waals surface area contributed by atoms with E-state index in [0.29, 0.717) is 0 Å². The van der Waals surface area contributed by atoms with E-state index >= 15 is 0 Å². The molecule has 1 aliphatic heterocycles. The molecule has 0 bridgehead atoms. The number of aromatic amines is 1. The van der Waals surface area contributed by atoms with Crippen molar-refractivity contribution in [1.29, 1.82) is 0 Å². The lowest BCUT2D eigenvalue weighted by molar-refractivity contribution is 0.0394. The number of benzene rings is 1. The average molecular weight is 555 g/mol. The summed E-state index contributed by atoms with van der Waals surface area (Å²) in [5.41, 5.74) is 1.98. The van der Waals surface area contributed by atoms with Crippen molar-refractivity contribution in [1.82, 2.24) is 20.5 Å². The van der Waals surface area contributed by atoms with Gasteiger partial charge in [0.05, 0.1) is 26.0 Å². The van der Waals surface area contributed by atoms with Gasteiger partial charge < -0.3 is 24.8 Å². The van der Waals surface area contributed by atoms with E-state index < -0.39 is 0 Å². The third-order valence-corrected chi connectivity index (χ3v) is 5.45. The number of nitrogens with one attached hydrogen (secondary N) is 3. The summed E-state index contributed by atoms with van der Waals surface area (Å²) >= 11 is 0. The number of hydrogen-bond acceptors (Lipinski definition) is 4. The molecule has 0 unspecified atom stereocenters. The van der Waals surface area contributed by atoms with Crippen LogP contribution in [0.4, 0.5) is 4.39 Å². The normalized spacial score (nSPS) is 15.0. The van der Waals surface area contributed by atoms with Crippen molar-refractivity contribution in [3.63, 3.8) is 0 Å². The molecule has 3 N–H and O–H groups in total. The second-order valence-electron chi connectivity index (χ2n) is 7.62. The molecule has 0 atom stereocenters. The molecule has 7 nitrogen and oxygen atoms in total. The lowest BCUT2D eigenvalue weighted by Gasteiger charge is -2.25. The number of rotatable bonds is 9. The van der Waals surface area contributed by atoms with Crippen molar-refractivity contribution >= 4 is 40.8 Å². The number of guanidine groups is 1. The summed E-state index contributed by atoms with van der Waals surface area (Å²) in [7, 11) is 0. The summed E-state index contributed by atoms with van der Waals surface area (Å²) in [6.07, 6.45) is 5.25. The maximum atomic E-state index is 13.4. The molecular weight excluding hydrogens is 524 g/mol. The predicted molar refractivity (Wildman–Crippen MR) is 135 cm³/mol. The lowest BCUT2D eigenvalue weighted by atomic mass is 10.1. The molecule has 2 aromatic heterocycles. The Labute approximate surface area is 204 Å². The van der Waals surface area contributed by atoms with Gasteiger partial charge in [-0.15, -0.1) is 24.0 Å². The number of ether oxygens (including phenoxy) is 1. The molecule has 0 spiro atoms. The fraction of sp³-hybridized carbons (Fsp3) is 0.435. The topological polar surface area (TPSA) is 77.8 Å². The molecule has 1 saturated heterocycles. The van der Waals surface area contributed by atoms with E-state index in [2.05, 4.69) is 20.5 Å². The van der Waals surface area contributed by atoms with Gasteiger partial charge in [-0.2, -0.15) is 0 Å². The van der Waals surface area contributed by atoms with Crippen molar-refractivity contribution in [2.45, 2.75) is 12.8 Å². The van der Waals surface area contributed by atoms with Crippen LogP contribution in [0.5, 0.6) is 0 Å². The Hall–Kier alpha value is -2.11. The highest BCUT2D eigenvalue weighted by Crippen LogP contribution is 2.19. The Morgan fingerprint density at radius 1 is 1.12 bits per heavy atom. The predicted octanol–water partition coefficient (Wildman–Crippen LogP) is 3.17. The Balaban J connectivity index is 0.00000289. The molecule has 9 heteroatoms. The molecule has 3 heterocycles. The molecule has 0 amide bonds. The van der Waals surface area contributed by atoms with E-state index in [1.54, 1.807) is 6.26 Å². The minimum atomic E-state index is -0.227. The molecule has 1 aromatic carbocycles. The third kappa shape index (κ3) is 7.21. The number of furan rings is 1. The fourth-order valence-electron chi connectivity index (χ4n) is 3.74. The first-order chi connectivity index (χ1) is 15.3. The van der Waals surface area contributed by atoms with Crippen LogP contribution in [0.2, 0.25) is 0 Å². The minimum absolute atomic E-state index is 0. The third-order valence-electron chi connectivity index (χ3n) is 5.45. The molecule has 0 radical (unpaired) electrons. The first kappa shape index (κ1) is 24.5. The van der Waals surface area contributed by atoms with E-state index in [-0.39, 0.29) is 29.8 Å². The van der Waals surface area contributed by atoms with Crippen LogP contribution in [0, 0.1) is 5.82 Å². The molecule has 32 heavy (non-hydrogen) atoms. The highest BCUT2D eigenvalue weighted by atomic mass is 127. The molecule has 0 saturated carbocycles. The summed E-state index contributed by atoms with van der Waals surface area (Å²) < 4.78 is 24.2. The minimum Gasteiger partial charge on any atom is -0.469 e. The number of fused-ring (bicyclic) bond motifs is 1. The fourth-order valence-corrected chi connectivity index (χ4v) is 3.74. The van der Waals surface area contributed by atoms with Gasteiger partial charge in [0.15, 0.2) is 5.96 Å². The van der Waals surface area contributed by atoms with Crippen LogP contribution < -0.4 is 10.6 Å². The van der Waals surface area contributed by atoms with Gasteiger partial charge in [-0.25, -0.2) is 4.39 Å². The zero-order valence-electron chi connectivity index (χ0n) is 18.1. The van der Waals surface area contributed by atoms with Crippen LogP contribution in [0.15, 0.2) is 52.2 Å². The van der Waals surface area contributed by atoms with Crippen LogP contribution in [-0.2, 0) is 17.6 Å². The van der Waals surface area contributed by atoms with Gasteiger partial charge in [-0.1, -0.05) is 0 Å². The molecule has 1 fully saturated rings. The van der Waals surface area contributed by atoms with Gasteiger partial charge in [-0.05, 0) is 42.3 Å². The van der Waals surface area contributed by atoms with E-state index in [0.717, 1.165) is 93.5 Å². The quantitative estimate of drug-likeness (QED) is 0.215. The van der Waals surface area contributed by atoms with E-state index in [1.807, 2.05) is 24.4 Å². The Kier molecular flexibility index (Phi) is 9.82. The van der Waals surface area contributed by atoms with Crippen LogP contribution in [0.1, 0.15) is 11.3 Å². The smallest absolute Gasteiger partial charge is 0.191 e. The summed E-state index contributed by atoms with van der Waals surface area (Å²) in [5.74, 6) is 1.52. The summed E-state index contributed by atoms with van der Waals surface area (Å²) in [5, 5.41) is 7.88. The van der Waals surface area contributed by atoms with Crippen molar-refractivity contribution in [2.24, 2.45) is 4.99 Å². The first-order valence-corrected chi connectivity index (χ1v) is 10.9. The largest absolute Gasteiger partial charge is 0.469 e. The van der Waals surface area contributed by atoms with Crippen molar-refractivity contribution in [3.05, 3.63) is 59.9 Å². The summed E-state index contributed by atoms with van der Waals surface area (Å²) in [6.45, 7) is 6.63. The van der Waals surface area contributed by atoms with Gasteiger partial charge in [0.2, 0.25) is 0 Å². The van der Waals surface area contributed by atoms with Gasteiger partial charge in [-0.3, -0.25) is 9.89 Å². The van der Waals surface area contributed by atoms with Crippen LogP contribution in [0.3, 0.4) is 0 Å². The second-order valence-corrected chi connectivity index (χ2v) is 7.62. The van der Waals surface area contributed by atoms with Gasteiger partial charge in [0.1, 0.15) is 11.6 Å². The van der Waals surface area contributed by atoms with Crippen LogP contribution in [-0.4, -0.2) is 68.3 Å². The van der Waals surface area contributed by atoms with E-state index in [1.165, 1.54) is 12.1 Å². The van der Waals surface area contributed by atoms with Crippen LogP contribution >= 0.6 is 24.0 Å². The van der Waals surface area contributed by atoms with Gasteiger partial charge in [0, 0.05) is 56.2 Å². The van der Waals surface area contributed by atoms with E-state index in [4.69, 9.17) is 14.1 Å². The maximum Gasteiger partial charge on any atom is 0.191 e. The molecule has 4 rings (SSSR count). The van der Waals surface area contributed by atoms with Gasteiger partial charge >= 0.3 is 0 Å². The van der Waals surface area contributed by atoms with E-state index in [9.17, 15) is 4.39 Å². The van der Waals surface area contributed by atoms with Gasteiger partial charge in [0.25, 0.3) is 0 Å². The van der Waals surface area contributed by atoms with Crippen molar-refractivity contribution < 1.29 is 13.5 Å². The number of halogens is 2. The lowest BCUT2D eigenvalue weighted by Crippen LogP contribution is -2.41. The van der Waals surface area contributed by atoms with Crippen molar-refractivity contribution in [3.8, 4) is 0 Å². The highest BCUT2D eigenvalue weighted by Gasteiger charge is 2.10. The molecule has 174 valence electrons. The number of aliphatic imine (C=N–C) groups is 1. The molecular formula is C23H31FIN5O2. The first-order valence-electron chi connectivity index (χ1n) is 10.9. The number of hydrogen-bond donors (Lipinski definition) is 3. The summed E-state index contributed by atoms with van der Waals surface area (Å²) in [4.78, 5) is 10.3. The Bertz CT molecular complexity index is 970. The second kappa shape index (κ2) is 12.8. The Morgan fingerprint density at radius 2 is 1.94 bits per heavy atom. The standard InChI is InChI=1S/C23H30FN5O2.HI/c24-19-3-4-21-18(17-28-22(21)16-19)5-7-25-23(26-8-6-20-2-1-13-31-20)27-9-10-29-11-14-30-15-12-29;/h1-4,13,16-17,28H,5-12,14-15H2,(H2,25,26,27);1H. The summed E-state index contributed by atoms with van der Waals surface area (Å²) in [6, 6.07) is 8.74. The molecule has 3 aromatic rings. The number of H-pyrrole nitrogens is 1. The maximum absolute atomic E-state index is 13.4. The van der Waals surface area contributed by atoms with Crippen LogP contribution in [0.25, 0.3) is 10.9 Å². The molecule has 1 aliphatic rings. The Morgan fingerprint density at radius 3 is 2.72 bits per heavy atom. The number of nitrogens with zero attached hydrogens (tertiary/aromatic N) is 2. The van der Waals surface area contributed by atoms with Crippen molar-refractivity contribution in [2.75, 3.05) is 52.5 Å². The monoisotopic (exact) mass is 555 g/mol.